The van der Waals surface area contributed by atoms with Crippen LogP contribution in [0.2, 0.25) is 0 Å². The quantitative estimate of drug-likeness (QED) is 0.438. The molecule has 0 saturated heterocycles. The third kappa shape index (κ3) is 1.20. The Bertz CT molecular complexity index is 770. The Morgan fingerprint density at radius 1 is 0.812 bits per heavy atom. The molecular weight excluding hydrogens is 212 g/mol. The van der Waals surface area contributed by atoms with Crippen LogP contribution in [0.4, 0.5) is 0 Å². The Morgan fingerprint density at radius 2 is 1.38 bits per heavy atom. The fraction of sp³-hybridized carbons (Fsp3) is 0. The molecule has 0 heterocycles. The van der Waals surface area contributed by atoms with Gasteiger partial charge in [0.05, 0.1) is 0 Å². The van der Waals surface area contributed by atoms with Crippen molar-refractivity contribution in [3.63, 3.8) is 0 Å². The number of rotatable bonds is 0. The first-order valence-electron chi connectivity index (χ1n) is 4.33. The van der Waals surface area contributed by atoms with Crippen LogP contribution in [0.25, 0.3) is 10.8 Å². The number of hydrogen-bond donors (Lipinski definition) is 2. The molecule has 2 aromatic rings. The van der Waals surface area contributed by atoms with Gasteiger partial charge in [-0.05, 0) is 0 Å². The van der Waals surface area contributed by atoms with Crippen LogP contribution in [0.1, 0.15) is 0 Å². The Kier molecular flexibility index (Phi) is 2.24. The van der Waals surface area contributed by atoms with Crippen molar-refractivity contribution in [2.75, 3.05) is 0 Å². The average molecular weight is 218 g/mol. The summed E-state index contributed by atoms with van der Waals surface area (Å²) in [6.07, 6.45) is 0. The first-order valence-corrected chi connectivity index (χ1v) is 4.33. The lowest BCUT2D eigenvalue weighted by molar-refractivity contribution is 0.296. The zero-order valence-corrected chi connectivity index (χ0v) is 7.91. The van der Waals surface area contributed by atoms with Crippen LogP contribution in [-0.4, -0.2) is 10.4 Å². The fourth-order valence-electron chi connectivity index (χ4n) is 1.54. The van der Waals surface area contributed by atoms with Crippen molar-refractivity contribution < 1.29 is 10.4 Å². The van der Waals surface area contributed by atoms with E-state index in [-0.39, 0.29) is 16.1 Å². The van der Waals surface area contributed by atoms with Gasteiger partial charge in [-0.2, -0.15) is 0 Å². The van der Waals surface area contributed by atoms with E-state index in [1.54, 1.807) is 12.1 Å². The normalized spacial score (nSPS) is 13.5. The summed E-state index contributed by atoms with van der Waals surface area (Å²) in [7, 11) is 0. The van der Waals surface area contributed by atoms with E-state index in [1.165, 1.54) is 12.1 Å². The second kappa shape index (κ2) is 3.58. The van der Waals surface area contributed by atoms with Crippen molar-refractivity contribution in [1.29, 1.82) is 0 Å². The monoisotopic (exact) mass is 218 g/mol. The first-order chi connectivity index (χ1) is 7.70. The third-order valence-electron chi connectivity index (χ3n) is 2.27. The number of nitrogens with zero attached hydrogens (tertiary/aromatic N) is 2. The van der Waals surface area contributed by atoms with Crippen molar-refractivity contribution in [3.8, 4) is 0 Å². The lowest BCUT2D eigenvalue weighted by Gasteiger charge is -1.94. The maximum absolute atomic E-state index is 11.7. The molecule has 0 aliphatic carbocycles. The molecular formula is C10H6N2O4. The maximum atomic E-state index is 11.7. The van der Waals surface area contributed by atoms with Gasteiger partial charge >= 0.3 is 0 Å². The Hall–Kier alpha value is -2.50. The van der Waals surface area contributed by atoms with Crippen LogP contribution in [0.5, 0.6) is 0 Å². The summed E-state index contributed by atoms with van der Waals surface area (Å²) in [4.78, 5) is 23.2. The van der Waals surface area contributed by atoms with Gasteiger partial charge in [-0.25, -0.2) is 0 Å². The van der Waals surface area contributed by atoms with Crippen LogP contribution in [0.3, 0.4) is 0 Å². The summed E-state index contributed by atoms with van der Waals surface area (Å²) in [5, 5.41) is 22.2. The van der Waals surface area contributed by atoms with Crippen molar-refractivity contribution in [3.05, 3.63) is 55.4 Å². The molecule has 6 nitrogen and oxygen atoms in total. The SMILES string of the molecule is O=c1/c(=N/O)c(=O)c2ccccc2/c1=N\O. The van der Waals surface area contributed by atoms with Gasteiger partial charge in [0, 0.05) is 10.8 Å². The molecule has 0 bridgehead atoms. The van der Waals surface area contributed by atoms with Gasteiger partial charge in [0.2, 0.25) is 10.9 Å². The summed E-state index contributed by atoms with van der Waals surface area (Å²) >= 11 is 0. The van der Waals surface area contributed by atoms with Gasteiger partial charge in [-0.15, -0.1) is 0 Å². The largest absolute Gasteiger partial charge is 0.410 e. The van der Waals surface area contributed by atoms with E-state index in [2.05, 4.69) is 10.3 Å². The zero-order chi connectivity index (χ0) is 11.7. The molecule has 6 heteroatoms. The second-order valence-electron chi connectivity index (χ2n) is 3.10. The molecule has 0 aliphatic rings. The first kappa shape index (κ1) is 10.0. The lowest BCUT2D eigenvalue weighted by atomic mass is 10.1. The van der Waals surface area contributed by atoms with E-state index >= 15 is 0 Å². The highest BCUT2D eigenvalue weighted by molar-refractivity contribution is 5.81. The van der Waals surface area contributed by atoms with Gasteiger partial charge in [-0.1, -0.05) is 34.6 Å². The predicted octanol–water partition coefficient (Wildman–Crippen LogP) is -0.984. The molecule has 0 amide bonds. The van der Waals surface area contributed by atoms with Gasteiger partial charge in [0.15, 0.2) is 10.7 Å². The standard InChI is InChI=1S/C10H6N2O4/c13-9-6-4-2-1-3-5(6)7(11-15)10(14)8(9)12-16/h1-4,15-16H/b11-7+,12-8+. The van der Waals surface area contributed by atoms with Crippen LogP contribution in [0.15, 0.2) is 44.2 Å². The molecule has 16 heavy (non-hydrogen) atoms. The topological polar surface area (TPSA) is 99.3 Å². The van der Waals surface area contributed by atoms with Gasteiger partial charge in [-0.3, -0.25) is 9.59 Å². The summed E-state index contributed by atoms with van der Waals surface area (Å²) in [5.41, 5.74) is -1.58. The predicted molar refractivity (Wildman–Crippen MR) is 53.6 cm³/mol. The smallest absolute Gasteiger partial charge is 0.241 e. The number of benzene rings is 2. The fourth-order valence-corrected chi connectivity index (χ4v) is 1.54. The Morgan fingerprint density at radius 3 is 1.94 bits per heavy atom. The van der Waals surface area contributed by atoms with Crippen molar-refractivity contribution >= 4 is 10.8 Å². The average Bonchev–Trinajstić information content (AvgIpc) is 2.30. The van der Waals surface area contributed by atoms with E-state index in [0.717, 1.165) is 0 Å². The lowest BCUT2D eigenvalue weighted by Crippen LogP contribution is -2.48. The molecule has 0 spiro atoms. The molecule has 80 valence electrons. The Balaban J connectivity index is 3.36. The van der Waals surface area contributed by atoms with E-state index < -0.39 is 16.2 Å². The van der Waals surface area contributed by atoms with E-state index in [1.807, 2.05) is 0 Å². The molecule has 0 fully saturated rings. The minimum Gasteiger partial charge on any atom is -0.410 e. The summed E-state index contributed by atoms with van der Waals surface area (Å²) in [5.74, 6) is 0. The van der Waals surface area contributed by atoms with Crippen LogP contribution >= 0.6 is 0 Å². The molecule has 0 aliphatic heterocycles. The van der Waals surface area contributed by atoms with Gasteiger partial charge in [0.1, 0.15) is 0 Å². The molecule has 2 N–H and O–H groups in total. The maximum Gasteiger partial charge on any atom is 0.241 e. The summed E-state index contributed by atoms with van der Waals surface area (Å²) in [6.45, 7) is 0. The van der Waals surface area contributed by atoms with E-state index in [4.69, 9.17) is 10.4 Å². The van der Waals surface area contributed by atoms with Gasteiger partial charge in [0.25, 0.3) is 0 Å². The Labute approximate surface area is 87.7 Å². The van der Waals surface area contributed by atoms with Crippen LogP contribution < -0.4 is 21.6 Å². The highest BCUT2D eigenvalue weighted by Gasteiger charge is 2.09. The second-order valence-corrected chi connectivity index (χ2v) is 3.10. The van der Waals surface area contributed by atoms with Crippen molar-refractivity contribution in [2.24, 2.45) is 10.3 Å². The molecule has 0 atom stereocenters. The van der Waals surface area contributed by atoms with E-state index in [9.17, 15) is 9.59 Å². The molecule has 2 aromatic carbocycles. The highest BCUT2D eigenvalue weighted by atomic mass is 16.4. The summed E-state index contributed by atoms with van der Waals surface area (Å²) in [6, 6.07) is 6.14. The van der Waals surface area contributed by atoms with Crippen LogP contribution in [0, 0.1) is 0 Å². The highest BCUT2D eigenvalue weighted by Crippen LogP contribution is 2.00. The van der Waals surface area contributed by atoms with Crippen LogP contribution in [-0.2, 0) is 0 Å². The molecule has 0 unspecified atom stereocenters. The number of fused-ring (bicyclic) bond motifs is 1. The minimum absolute atomic E-state index is 0.169. The van der Waals surface area contributed by atoms with Crippen molar-refractivity contribution in [1.82, 2.24) is 0 Å². The van der Waals surface area contributed by atoms with Crippen molar-refractivity contribution in [2.45, 2.75) is 0 Å². The summed E-state index contributed by atoms with van der Waals surface area (Å²) < 4.78 is 0. The molecule has 0 radical (unpaired) electrons. The molecule has 2 rings (SSSR count). The van der Waals surface area contributed by atoms with Gasteiger partial charge < -0.3 is 10.4 Å². The molecule has 0 aromatic heterocycles. The molecule has 0 saturated carbocycles. The number of hydrogen-bond acceptors (Lipinski definition) is 6. The van der Waals surface area contributed by atoms with E-state index in [0.29, 0.717) is 0 Å². The third-order valence-corrected chi connectivity index (χ3v) is 2.27. The zero-order valence-electron chi connectivity index (χ0n) is 7.91. The minimum atomic E-state index is -0.895.